The number of hydrogen-bond acceptors (Lipinski definition) is 5. The van der Waals surface area contributed by atoms with E-state index >= 15 is 0 Å². The number of piperidine rings is 1. The van der Waals surface area contributed by atoms with Crippen molar-refractivity contribution in [3.63, 3.8) is 0 Å². The second kappa shape index (κ2) is 9.54. The van der Waals surface area contributed by atoms with Crippen molar-refractivity contribution in [2.24, 2.45) is 0 Å². The molecule has 2 fully saturated rings. The third kappa shape index (κ3) is 4.80. The van der Waals surface area contributed by atoms with Gasteiger partial charge in [-0.2, -0.15) is 18.4 Å². The van der Waals surface area contributed by atoms with Gasteiger partial charge in [0.2, 0.25) is 0 Å². The van der Waals surface area contributed by atoms with Gasteiger partial charge in [-0.3, -0.25) is 0 Å². The van der Waals surface area contributed by atoms with Crippen molar-refractivity contribution in [1.82, 2.24) is 5.16 Å². The Balaban J connectivity index is 1.30. The predicted octanol–water partition coefficient (Wildman–Crippen LogP) is 6.57. The molecule has 2 heterocycles. The van der Waals surface area contributed by atoms with Crippen molar-refractivity contribution in [1.29, 1.82) is 5.26 Å². The topological polar surface area (TPSA) is 62.3 Å². The van der Waals surface area contributed by atoms with E-state index in [1.807, 2.05) is 4.90 Å². The summed E-state index contributed by atoms with van der Waals surface area (Å²) in [7, 11) is 0. The summed E-state index contributed by atoms with van der Waals surface area (Å²) >= 11 is 0. The summed E-state index contributed by atoms with van der Waals surface area (Å²) in [5.74, 6) is -1.11. The van der Waals surface area contributed by atoms with E-state index in [1.54, 1.807) is 0 Å². The Morgan fingerprint density at radius 1 is 1.06 bits per heavy atom. The second-order valence-electron chi connectivity index (χ2n) is 9.09. The van der Waals surface area contributed by atoms with Crippen LogP contribution < -0.4 is 4.90 Å². The van der Waals surface area contributed by atoms with Gasteiger partial charge in [0.15, 0.2) is 0 Å². The molecule has 0 spiro atoms. The molecule has 0 radical (unpaired) electrons. The summed E-state index contributed by atoms with van der Waals surface area (Å²) in [5.41, 5.74) is -0.404. The van der Waals surface area contributed by atoms with Crippen molar-refractivity contribution in [3.05, 3.63) is 70.5 Å². The highest BCUT2D eigenvalue weighted by Crippen LogP contribution is 2.46. The molecular formula is C26H22F5N3O2. The van der Waals surface area contributed by atoms with Crippen molar-refractivity contribution in [2.75, 3.05) is 18.0 Å². The molecule has 1 saturated heterocycles. The van der Waals surface area contributed by atoms with Gasteiger partial charge in [0, 0.05) is 35.8 Å². The van der Waals surface area contributed by atoms with Crippen LogP contribution in [0.3, 0.4) is 0 Å². The Morgan fingerprint density at radius 2 is 1.72 bits per heavy atom. The molecule has 0 N–H and O–H groups in total. The number of hydrogen-bond donors (Lipinski definition) is 0. The molecule has 0 atom stereocenters. The van der Waals surface area contributed by atoms with Gasteiger partial charge < -0.3 is 14.2 Å². The molecule has 36 heavy (non-hydrogen) atoms. The van der Waals surface area contributed by atoms with Crippen molar-refractivity contribution in [2.45, 2.75) is 50.5 Å². The average Bonchev–Trinajstić information content (AvgIpc) is 3.61. The summed E-state index contributed by atoms with van der Waals surface area (Å²) in [6.45, 7) is 0.998. The molecule has 5 nitrogen and oxygen atoms in total. The minimum atomic E-state index is -4.54. The first-order valence-corrected chi connectivity index (χ1v) is 11.7. The van der Waals surface area contributed by atoms with E-state index in [4.69, 9.17) is 14.5 Å². The van der Waals surface area contributed by atoms with Crippen molar-refractivity contribution >= 4 is 5.69 Å². The van der Waals surface area contributed by atoms with Crippen LogP contribution in [0.2, 0.25) is 0 Å². The third-order valence-electron chi connectivity index (χ3n) is 6.66. The maximum atomic E-state index is 14.0. The van der Waals surface area contributed by atoms with Crippen LogP contribution in [0, 0.1) is 23.0 Å². The van der Waals surface area contributed by atoms with Gasteiger partial charge in [-0.05, 0) is 43.9 Å². The zero-order chi connectivity index (χ0) is 25.4. The first-order chi connectivity index (χ1) is 17.3. The van der Waals surface area contributed by atoms with Gasteiger partial charge in [0.25, 0.3) is 0 Å². The molecule has 3 aromatic rings. The molecule has 0 unspecified atom stereocenters. The number of nitriles is 1. The van der Waals surface area contributed by atoms with Gasteiger partial charge in [-0.15, -0.1) is 0 Å². The minimum absolute atomic E-state index is 0.0426. The van der Waals surface area contributed by atoms with Crippen LogP contribution in [0.15, 0.2) is 40.9 Å². The first-order valence-electron chi connectivity index (χ1n) is 11.7. The predicted molar refractivity (Wildman–Crippen MR) is 120 cm³/mol. The molecule has 2 aromatic carbocycles. The molecule has 1 aliphatic carbocycles. The lowest BCUT2D eigenvalue weighted by Gasteiger charge is -2.33. The second-order valence-corrected chi connectivity index (χ2v) is 9.09. The molecule has 10 heteroatoms. The van der Waals surface area contributed by atoms with Crippen LogP contribution in [0.5, 0.6) is 0 Å². The van der Waals surface area contributed by atoms with Crippen LogP contribution in [-0.4, -0.2) is 24.4 Å². The van der Waals surface area contributed by atoms with Gasteiger partial charge >= 0.3 is 6.18 Å². The fourth-order valence-electron chi connectivity index (χ4n) is 4.61. The van der Waals surface area contributed by atoms with Gasteiger partial charge in [0.1, 0.15) is 34.7 Å². The van der Waals surface area contributed by atoms with Crippen LogP contribution >= 0.6 is 0 Å². The van der Waals surface area contributed by atoms with E-state index in [0.29, 0.717) is 42.9 Å². The number of benzene rings is 2. The van der Waals surface area contributed by atoms with Crippen LogP contribution in [-0.2, 0) is 17.5 Å². The van der Waals surface area contributed by atoms with E-state index in [1.165, 1.54) is 24.3 Å². The molecule has 0 bridgehead atoms. The molecule has 1 saturated carbocycles. The summed E-state index contributed by atoms with van der Waals surface area (Å²) in [4.78, 5) is 1.81. The number of halogens is 5. The lowest BCUT2D eigenvalue weighted by Crippen LogP contribution is -2.37. The number of rotatable bonds is 6. The maximum absolute atomic E-state index is 14.0. The summed E-state index contributed by atoms with van der Waals surface area (Å²) in [5, 5.41) is 12.9. The molecular weight excluding hydrogens is 481 g/mol. The Hall–Kier alpha value is -3.45. The Kier molecular flexibility index (Phi) is 6.43. The third-order valence-corrected chi connectivity index (χ3v) is 6.66. The number of nitrogens with zero attached hydrogens (tertiary/aromatic N) is 3. The quantitative estimate of drug-likeness (QED) is 0.356. The molecule has 188 valence electrons. The average molecular weight is 503 g/mol. The van der Waals surface area contributed by atoms with Gasteiger partial charge in [-0.25, -0.2) is 8.78 Å². The Morgan fingerprint density at radius 3 is 2.33 bits per heavy atom. The zero-order valence-electron chi connectivity index (χ0n) is 19.1. The fourth-order valence-corrected chi connectivity index (χ4v) is 4.61. The molecule has 1 aromatic heterocycles. The van der Waals surface area contributed by atoms with Crippen LogP contribution in [0.4, 0.5) is 27.6 Å². The van der Waals surface area contributed by atoms with E-state index in [2.05, 4.69) is 5.16 Å². The SMILES string of the molecule is N#Cc1c(F)cc(N2CCC(OCc3c(-c4ccccc4C(F)(F)F)noc3C3CC3)CC2)cc1F. The highest BCUT2D eigenvalue weighted by atomic mass is 19.4. The van der Waals surface area contributed by atoms with Crippen molar-refractivity contribution in [3.8, 4) is 17.3 Å². The fraction of sp³-hybridized carbons (Fsp3) is 0.385. The lowest BCUT2D eigenvalue weighted by molar-refractivity contribution is -0.137. The minimum Gasteiger partial charge on any atom is -0.373 e. The normalized spacial score (nSPS) is 16.8. The number of aromatic nitrogens is 1. The lowest BCUT2D eigenvalue weighted by atomic mass is 9.99. The zero-order valence-corrected chi connectivity index (χ0v) is 19.1. The Labute approximate surface area is 204 Å². The highest BCUT2D eigenvalue weighted by Gasteiger charge is 2.37. The molecule has 2 aliphatic rings. The van der Waals surface area contributed by atoms with Gasteiger partial charge in [-0.1, -0.05) is 23.4 Å². The summed E-state index contributed by atoms with van der Waals surface area (Å²) in [6.07, 6.45) is -1.84. The van der Waals surface area contributed by atoms with E-state index < -0.39 is 28.9 Å². The van der Waals surface area contributed by atoms with Gasteiger partial charge in [0.05, 0.1) is 18.3 Å². The Bertz CT molecular complexity index is 1280. The number of ether oxygens (including phenoxy) is 1. The van der Waals surface area contributed by atoms with Crippen molar-refractivity contribution < 1.29 is 31.2 Å². The maximum Gasteiger partial charge on any atom is 0.417 e. The van der Waals surface area contributed by atoms with E-state index in [-0.39, 0.29) is 29.9 Å². The monoisotopic (exact) mass is 503 g/mol. The highest BCUT2D eigenvalue weighted by molar-refractivity contribution is 5.68. The molecule has 1 aliphatic heterocycles. The smallest absolute Gasteiger partial charge is 0.373 e. The van der Waals surface area contributed by atoms with E-state index in [0.717, 1.165) is 31.0 Å². The molecule has 0 amide bonds. The van der Waals surface area contributed by atoms with E-state index in [9.17, 15) is 22.0 Å². The largest absolute Gasteiger partial charge is 0.417 e. The summed E-state index contributed by atoms with van der Waals surface area (Å²) < 4.78 is 80.5. The summed E-state index contributed by atoms with van der Waals surface area (Å²) in [6, 6.07) is 9.08. The standard InChI is InChI=1S/C26H22F5N3O2/c27-22-11-16(12-23(28)19(22)13-32)34-9-7-17(8-10-34)35-14-20-24(33-36-25(20)15-5-6-15)18-3-1-2-4-21(18)26(29,30)31/h1-4,11-12,15,17H,5-10,14H2. The van der Waals surface area contributed by atoms with Crippen LogP contribution in [0.1, 0.15) is 54.1 Å². The first kappa shape index (κ1) is 24.3. The number of anilines is 1. The van der Waals surface area contributed by atoms with Crippen LogP contribution in [0.25, 0.3) is 11.3 Å². The molecule has 5 rings (SSSR count). The number of alkyl halides is 3.